The van der Waals surface area contributed by atoms with Crippen molar-refractivity contribution in [3.05, 3.63) is 107 Å². The second-order valence-electron chi connectivity index (χ2n) is 7.66. The van der Waals surface area contributed by atoms with Crippen LogP contribution in [0.3, 0.4) is 0 Å². The van der Waals surface area contributed by atoms with Crippen molar-refractivity contribution >= 4 is 17.1 Å². The molecule has 3 heteroatoms. The van der Waals surface area contributed by atoms with Gasteiger partial charge in [-0.1, -0.05) is 99.6 Å². The lowest BCUT2D eigenvalue weighted by Crippen LogP contribution is -2.15. The Hall–Kier alpha value is -3.17. The maximum Gasteiger partial charge on any atom is 0.373 e. The Morgan fingerprint density at radius 1 is 0.714 bits per heavy atom. The molecule has 0 bridgehead atoms. The van der Waals surface area contributed by atoms with Gasteiger partial charge in [0.15, 0.2) is 0 Å². The van der Waals surface area contributed by atoms with E-state index < -0.39 is 5.97 Å². The number of allylic oxidation sites excluding steroid dienone is 1. The molecule has 0 saturated carbocycles. The Morgan fingerprint density at radius 2 is 1.14 bits per heavy atom. The third-order valence-electron chi connectivity index (χ3n) is 4.62. The van der Waals surface area contributed by atoms with Crippen molar-refractivity contribution in [1.29, 1.82) is 0 Å². The lowest BCUT2D eigenvalue weighted by molar-refractivity contribution is -0.182. The highest BCUT2D eigenvalue weighted by Crippen LogP contribution is 2.44. The van der Waals surface area contributed by atoms with Crippen LogP contribution in [0.15, 0.2) is 84.9 Å². The van der Waals surface area contributed by atoms with Crippen LogP contribution in [-0.4, -0.2) is 11.2 Å². The molecule has 3 aromatic rings. The monoisotopic (exact) mass is 372 g/mol. The highest BCUT2D eigenvalue weighted by molar-refractivity contribution is 6.05. The quantitative estimate of drug-likeness (QED) is 0.331. The van der Waals surface area contributed by atoms with Crippen molar-refractivity contribution < 1.29 is 14.9 Å². The molecule has 0 heterocycles. The lowest BCUT2D eigenvalue weighted by atomic mass is 9.74. The first kappa shape index (κ1) is 19.6. The molecular formula is C25H24O3. The Labute approximate surface area is 165 Å². The van der Waals surface area contributed by atoms with Crippen LogP contribution in [0.2, 0.25) is 0 Å². The number of hydrogen-bond donors (Lipinski definition) is 1. The van der Waals surface area contributed by atoms with E-state index in [1.54, 1.807) is 12.1 Å². The topological polar surface area (TPSA) is 46.5 Å². The van der Waals surface area contributed by atoms with Crippen molar-refractivity contribution in [2.24, 2.45) is 5.41 Å². The summed E-state index contributed by atoms with van der Waals surface area (Å²) < 4.78 is 0. The summed E-state index contributed by atoms with van der Waals surface area (Å²) >= 11 is 0. The third kappa shape index (κ3) is 4.05. The largest absolute Gasteiger partial charge is 0.373 e. The first-order chi connectivity index (χ1) is 13.4. The molecule has 0 aliphatic heterocycles. The van der Waals surface area contributed by atoms with Gasteiger partial charge in [0.2, 0.25) is 0 Å². The molecule has 28 heavy (non-hydrogen) atoms. The Morgan fingerprint density at radius 3 is 1.57 bits per heavy atom. The zero-order chi connectivity index (χ0) is 20.1. The summed E-state index contributed by atoms with van der Waals surface area (Å²) in [5.41, 5.74) is 4.97. The Bertz CT molecular complexity index is 940. The summed E-state index contributed by atoms with van der Waals surface area (Å²) in [6.45, 7) is 6.36. The molecule has 3 nitrogen and oxygen atoms in total. The van der Waals surface area contributed by atoms with E-state index in [0.29, 0.717) is 5.56 Å². The van der Waals surface area contributed by atoms with Crippen LogP contribution in [0, 0.1) is 5.41 Å². The molecule has 0 unspecified atom stereocenters. The summed E-state index contributed by atoms with van der Waals surface area (Å²) in [4.78, 5) is 16.3. The minimum absolute atomic E-state index is 0.285. The number of carbonyl (C=O) groups excluding carboxylic acids is 1. The smallest absolute Gasteiger partial charge is 0.295 e. The minimum Gasteiger partial charge on any atom is -0.295 e. The summed E-state index contributed by atoms with van der Waals surface area (Å²) in [5, 5.41) is 9.00. The van der Waals surface area contributed by atoms with Crippen LogP contribution in [0.1, 0.15) is 47.8 Å². The maximum absolute atomic E-state index is 12.3. The molecule has 0 radical (unpaired) electrons. The van der Waals surface area contributed by atoms with Gasteiger partial charge < -0.3 is 0 Å². The summed E-state index contributed by atoms with van der Waals surface area (Å²) in [6.07, 6.45) is 0. The van der Waals surface area contributed by atoms with Crippen LogP contribution in [0.4, 0.5) is 0 Å². The van der Waals surface area contributed by atoms with Crippen LogP contribution in [0.5, 0.6) is 0 Å². The minimum atomic E-state index is -0.766. The fraction of sp³-hybridized carbons (Fsp3) is 0.160. The molecule has 142 valence electrons. The molecule has 0 aliphatic rings. The predicted molar refractivity (Wildman–Crippen MR) is 113 cm³/mol. The number of carbonyl (C=O) groups is 1. The average molecular weight is 372 g/mol. The molecule has 3 aromatic carbocycles. The first-order valence-electron chi connectivity index (χ1n) is 9.24. The second-order valence-corrected chi connectivity index (χ2v) is 7.66. The van der Waals surface area contributed by atoms with Crippen molar-refractivity contribution in [3.63, 3.8) is 0 Å². The van der Waals surface area contributed by atoms with E-state index in [9.17, 15) is 4.79 Å². The summed E-state index contributed by atoms with van der Waals surface area (Å²) in [6, 6.07) is 27.5. The molecule has 3 rings (SSSR count). The van der Waals surface area contributed by atoms with Crippen molar-refractivity contribution in [3.8, 4) is 0 Å². The fourth-order valence-electron chi connectivity index (χ4n) is 3.51. The molecule has 0 aliphatic carbocycles. The van der Waals surface area contributed by atoms with Crippen molar-refractivity contribution in [2.75, 3.05) is 0 Å². The van der Waals surface area contributed by atoms with Crippen LogP contribution < -0.4 is 0 Å². The molecule has 0 atom stereocenters. The van der Waals surface area contributed by atoms with E-state index in [1.165, 1.54) is 0 Å². The normalized spacial score (nSPS) is 11.0. The number of benzene rings is 3. The van der Waals surface area contributed by atoms with E-state index >= 15 is 0 Å². The lowest BCUT2D eigenvalue weighted by Gasteiger charge is -2.29. The third-order valence-corrected chi connectivity index (χ3v) is 4.62. The predicted octanol–water partition coefficient (Wildman–Crippen LogP) is 6.32. The zero-order valence-electron chi connectivity index (χ0n) is 16.3. The zero-order valence-corrected chi connectivity index (χ0v) is 16.3. The summed E-state index contributed by atoms with van der Waals surface area (Å²) in [5.74, 6) is -0.766. The van der Waals surface area contributed by atoms with Gasteiger partial charge in [0, 0.05) is 0 Å². The van der Waals surface area contributed by atoms with Crippen LogP contribution >= 0.6 is 0 Å². The summed E-state index contributed by atoms with van der Waals surface area (Å²) in [7, 11) is 0. The van der Waals surface area contributed by atoms with Crippen LogP contribution in [-0.2, 0) is 4.89 Å². The molecule has 0 aromatic heterocycles. The van der Waals surface area contributed by atoms with Gasteiger partial charge >= 0.3 is 5.97 Å². The standard InChI is InChI=1S/C25H24O3/c1-25(2,3)23(20-16-10-11-17-21(20)24(26)28-27)22(18-12-6-4-7-13-18)19-14-8-5-9-15-19/h4-17,27H,1-3H3. The van der Waals surface area contributed by atoms with Gasteiger partial charge in [-0.05, 0) is 39.3 Å². The van der Waals surface area contributed by atoms with Gasteiger partial charge in [-0.15, -0.1) is 0 Å². The number of hydrogen-bond acceptors (Lipinski definition) is 3. The van der Waals surface area contributed by atoms with Crippen molar-refractivity contribution in [2.45, 2.75) is 20.8 Å². The highest BCUT2D eigenvalue weighted by atomic mass is 17.1. The highest BCUT2D eigenvalue weighted by Gasteiger charge is 2.28. The van der Waals surface area contributed by atoms with E-state index in [2.05, 4.69) is 49.9 Å². The van der Waals surface area contributed by atoms with E-state index in [4.69, 9.17) is 5.26 Å². The molecule has 0 saturated heterocycles. The van der Waals surface area contributed by atoms with Gasteiger partial charge in [0.1, 0.15) is 0 Å². The van der Waals surface area contributed by atoms with Crippen molar-refractivity contribution in [1.82, 2.24) is 0 Å². The average Bonchev–Trinajstić information content (AvgIpc) is 2.72. The van der Waals surface area contributed by atoms with Crippen LogP contribution in [0.25, 0.3) is 11.1 Å². The fourth-order valence-corrected chi connectivity index (χ4v) is 3.51. The van der Waals surface area contributed by atoms with E-state index in [0.717, 1.165) is 27.8 Å². The van der Waals surface area contributed by atoms with E-state index in [-0.39, 0.29) is 5.41 Å². The van der Waals surface area contributed by atoms with Gasteiger partial charge in [-0.2, -0.15) is 5.26 Å². The van der Waals surface area contributed by atoms with E-state index in [1.807, 2.05) is 48.5 Å². The molecular weight excluding hydrogens is 348 g/mol. The molecule has 0 fully saturated rings. The maximum atomic E-state index is 12.3. The van der Waals surface area contributed by atoms with Gasteiger partial charge in [-0.3, -0.25) is 4.89 Å². The first-order valence-corrected chi connectivity index (χ1v) is 9.24. The Kier molecular flexibility index (Phi) is 5.76. The SMILES string of the molecule is CC(C)(C)C(=C(c1ccccc1)c1ccccc1)c1ccccc1C(=O)OO. The number of rotatable bonds is 4. The molecule has 1 N–H and O–H groups in total. The second kappa shape index (κ2) is 8.24. The van der Waals surface area contributed by atoms with Gasteiger partial charge in [-0.25, -0.2) is 4.79 Å². The Balaban J connectivity index is 2.44. The molecule has 0 spiro atoms. The molecule has 0 amide bonds. The van der Waals surface area contributed by atoms with Gasteiger partial charge in [0.25, 0.3) is 0 Å². The van der Waals surface area contributed by atoms with Gasteiger partial charge in [0.05, 0.1) is 5.56 Å².